The minimum absolute atomic E-state index is 0.0609. The number of nitrogens with one attached hydrogen (secondary N) is 1. The van der Waals surface area contributed by atoms with E-state index in [0.717, 1.165) is 5.01 Å². The number of nitrogens with zero attached hydrogens (tertiary/aromatic N) is 3. The lowest BCUT2D eigenvalue weighted by molar-refractivity contribution is -0.130. The molecule has 0 unspecified atom stereocenters. The standard InChI is InChI=1S/C12H12N4O4/c1-16-10(17)3-2-8(15-16)11(18)14-9-6-13-5-4-7(9)12(19)20/h4-6H,2-3H2,1H3,(H,14,18)(H,19,20). The Morgan fingerprint density at radius 2 is 2.15 bits per heavy atom. The number of hydrogen-bond donors (Lipinski definition) is 2. The fraction of sp³-hybridized carbons (Fsp3) is 0.250. The van der Waals surface area contributed by atoms with Gasteiger partial charge in [-0.25, -0.2) is 9.80 Å². The Kier molecular flexibility index (Phi) is 3.74. The average molecular weight is 276 g/mol. The zero-order valence-corrected chi connectivity index (χ0v) is 10.7. The molecule has 0 bridgehead atoms. The number of carboxylic acid groups (broad SMARTS) is 1. The lowest BCUT2D eigenvalue weighted by Gasteiger charge is -2.19. The van der Waals surface area contributed by atoms with Crippen molar-refractivity contribution in [2.75, 3.05) is 12.4 Å². The summed E-state index contributed by atoms with van der Waals surface area (Å²) >= 11 is 0. The number of hydrogen-bond acceptors (Lipinski definition) is 5. The molecular formula is C12H12N4O4. The topological polar surface area (TPSA) is 112 Å². The molecule has 2 heterocycles. The third-order valence-corrected chi connectivity index (χ3v) is 2.77. The van der Waals surface area contributed by atoms with Gasteiger partial charge in [-0.3, -0.25) is 14.6 Å². The SMILES string of the molecule is CN1N=C(C(=O)Nc2cnccc2C(=O)O)CCC1=O. The first-order chi connectivity index (χ1) is 9.49. The zero-order chi connectivity index (χ0) is 14.7. The first kappa shape index (κ1) is 13.7. The molecule has 1 aromatic rings. The van der Waals surface area contributed by atoms with E-state index >= 15 is 0 Å². The minimum atomic E-state index is -1.17. The highest BCUT2D eigenvalue weighted by atomic mass is 16.4. The number of aromatic carboxylic acids is 1. The van der Waals surface area contributed by atoms with Gasteiger partial charge in [0.1, 0.15) is 5.71 Å². The summed E-state index contributed by atoms with van der Waals surface area (Å²) in [5.74, 6) is -1.88. The molecule has 1 aromatic heterocycles. The van der Waals surface area contributed by atoms with Crippen molar-refractivity contribution in [2.45, 2.75) is 12.8 Å². The van der Waals surface area contributed by atoms with Gasteiger partial charge in [0.15, 0.2) is 0 Å². The van der Waals surface area contributed by atoms with Crippen LogP contribution in [0.5, 0.6) is 0 Å². The van der Waals surface area contributed by atoms with Gasteiger partial charge in [-0.1, -0.05) is 0 Å². The van der Waals surface area contributed by atoms with Crippen molar-refractivity contribution < 1.29 is 19.5 Å². The molecule has 104 valence electrons. The molecule has 0 aromatic carbocycles. The van der Waals surface area contributed by atoms with Gasteiger partial charge >= 0.3 is 5.97 Å². The van der Waals surface area contributed by atoms with E-state index in [2.05, 4.69) is 15.4 Å². The second-order valence-corrected chi connectivity index (χ2v) is 4.14. The van der Waals surface area contributed by atoms with Crippen LogP contribution in [-0.4, -0.2) is 45.6 Å². The molecule has 2 rings (SSSR count). The number of hydrazone groups is 1. The summed E-state index contributed by atoms with van der Waals surface area (Å²) in [6.07, 6.45) is 2.99. The second kappa shape index (κ2) is 5.47. The minimum Gasteiger partial charge on any atom is -0.478 e. The smallest absolute Gasteiger partial charge is 0.337 e. The average Bonchev–Trinajstić information content (AvgIpc) is 2.42. The quantitative estimate of drug-likeness (QED) is 0.826. The molecule has 2 amide bonds. The summed E-state index contributed by atoms with van der Waals surface area (Å²) in [6, 6.07) is 1.29. The number of aromatic nitrogens is 1. The van der Waals surface area contributed by atoms with Gasteiger partial charge in [-0.2, -0.15) is 5.10 Å². The number of carbonyl (C=O) groups is 3. The van der Waals surface area contributed by atoms with Crippen LogP contribution in [0, 0.1) is 0 Å². The number of pyridine rings is 1. The summed E-state index contributed by atoms with van der Waals surface area (Å²) in [5, 5.41) is 16.4. The van der Waals surface area contributed by atoms with Crippen molar-refractivity contribution in [3.05, 3.63) is 24.0 Å². The maximum Gasteiger partial charge on any atom is 0.337 e. The van der Waals surface area contributed by atoms with Crippen LogP contribution in [0.1, 0.15) is 23.2 Å². The fourth-order valence-electron chi connectivity index (χ4n) is 1.71. The molecule has 0 fully saturated rings. The molecule has 1 aliphatic rings. The summed E-state index contributed by atoms with van der Waals surface area (Å²) in [5.41, 5.74) is 0.203. The van der Waals surface area contributed by atoms with E-state index < -0.39 is 11.9 Å². The molecule has 0 saturated carbocycles. The van der Waals surface area contributed by atoms with E-state index in [1.54, 1.807) is 0 Å². The van der Waals surface area contributed by atoms with Crippen LogP contribution in [0.3, 0.4) is 0 Å². The first-order valence-corrected chi connectivity index (χ1v) is 5.81. The molecular weight excluding hydrogens is 264 g/mol. The summed E-state index contributed by atoms with van der Waals surface area (Å²) in [4.78, 5) is 38.0. The summed E-state index contributed by atoms with van der Waals surface area (Å²) < 4.78 is 0. The van der Waals surface area contributed by atoms with E-state index in [4.69, 9.17) is 5.11 Å². The van der Waals surface area contributed by atoms with E-state index in [1.807, 2.05) is 0 Å². The zero-order valence-electron chi connectivity index (χ0n) is 10.7. The van der Waals surface area contributed by atoms with Crippen molar-refractivity contribution >= 4 is 29.2 Å². The number of amides is 2. The van der Waals surface area contributed by atoms with Crippen LogP contribution in [-0.2, 0) is 9.59 Å². The van der Waals surface area contributed by atoms with Gasteiger partial charge in [0.2, 0.25) is 5.91 Å². The Hall–Kier alpha value is -2.77. The Bertz CT molecular complexity index is 611. The third kappa shape index (κ3) is 2.79. The van der Waals surface area contributed by atoms with Crippen LogP contribution < -0.4 is 5.32 Å². The van der Waals surface area contributed by atoms with Gasteiger partial charge in [0, 0.05) is 26.1 Å². The molecule has 0 atom stereocenters. The predicted molar refractivity (Wildman–Crippen MR) is 69.3 cm³/mol. The number of carbonyl (C=O) groups excluding carboxylic acids is 2. The van der Waals surface area contributed by atoms with E-state index in [9.17, 15) is 14.4 Å². The Balaban J connectivity index is 2.19. The maximum atomic E-state index is 12.0. The monoisotopic (exact) mass is 276 g/mol. The van der Waals surface area contributed by atoms with Crippen LogP contribution in [0.15, 0.2) is 23.6 Å². The van der Waals surface area contributed by atoms with Gasteiger partial charge < -0.3 is 10.4 Å². The summed E-state index contributed by atoms with van der Waals surface area (Å²) in [6.45, 7) is 0. The van der Waals surface area contributed by atoms with E-state index in [-0.39, 0.29) is 35.7 Å². The van der Waals surface area contributed by atoms with E-state index in [1.165, 1.54) is 25.5 Å². The van der Waals surface area contributed by atoms with Crippen LogP contribution in [0.4, 0.5) is 5.69 Å². The fourth-order valence-corrected chi connectivity index (χ4v) is 1.71. The molecule has 0 saturated heterocycles. The van der Waals surface area contributed by atoms with Crippen molar-refractivity contribution in [1.29, 1.82) is 0 Å². The van der Waals surface area contributed by atoms with Crippen LogP contribution in [0.2, 0.25) is 0 Å². The number of rotatable bonds is 3. The molecule has 20 heavy (non-hydrogen) atoms. The highest BCUT2D eigenvalue weighted by molar-refractivity contribution is 6.43. The lowest BCUT2D eigenvalue weighted by Crippen LogP contribution is -2.34. The van der Waals surface area contributed by atoms with Gasteiger partial charge in [-0.05, 0) is 6.07 Å². The third-order valence-electron chi connectivity index (χ3n) is 2.77. The van der Waals surface area contributed by atoms with E-state index in [0.29, 0.717) is 0 Å². The highest BCUT2D eigenvalue weighted by Gasteiger charge is 2.23. The maximum absolute atomic E-state index is 12.0. The molecule has 0 spiro atoms. The summed E-state index contributed by atoms with van der Waals surface area (Å²) in [7, 11) is 1.46. The Morgan fingerprint density at radius 3 is 2.80 bits per heavy atom. The molecule has 8 nitrogen and oxygen atoms in total. The van der Waals surface area contributed by atoms with Crippen LogP contribution in [0.25, 0.3) is 0 Å². The van der Waals surface area contributed by atoms with Crippen molar-refractivity contribution in [3.63, 3.8) is 0 Å². The van der Waals surface area contributed by atoms with Crippen molar-refractivity contribution in [2.24, 2.45) is 5.10 Å². The second-order valence-electron chi connectivity index (χ2n) is 4.14. The van der Waals surface area contributed by atoms with Gasteiger partial charge in [0.25, 0.3) is 5.91 Å². The number of anilines is 1. The molecule has 1 aliphatic heterocycles. The highest BCUT2D eigenvalue weighted by Crippen LogP contribution is 2.15. The lowest BCUT2D eigenvalue weighted by atomic mass is 10.1. The van der Waals surface area contributed by atoms with Crippen molar-refractivity contribution in [3.8, 4) is 0 Å². The Labute approximate surface area is 114 Å². The molecule has 0 radical (unpaired) electrons. The predicted octanol–water partition coefficient (Wildman–Crippen LogP) is 0.326. The molecule has 2 N–H and O–H groups in total. The number of carboxylic acids is 1. The van der Waals surface area contributed by atoms with Crippen LogP contribution >= 0.6 is 0 Å². The van der Waals surface area contributed by atoms with Gasteiger partial charge in [-0.15, -0.1) is 0 Å². The Morgan fingerprint density at radius 1 is 1.40 bits per heavy atom. The van der Waals surface area contributed by atoms with Crippen molar-refractivity contribution in [1.82, 2.24) is 9.99 Å². The largest absolute Gasteiger partial charge is 0.478 e. The first-order valence-electron chi connectivity index (χ1n) is 5.81. The molecule has 0 aliphatic carbocycles. The molecule has 8 heteroatoms. The normalized spacial score (nSPS) is 14.8. The van der Waals surface area contributed by atoms with Gasteiger partial charge in [0.05, 0.1) is 17.4 Å².